The lowest BCUT2D eigenvalue weighted by molar-refractivity contribution is 0.661. The zero-order valence-electron chi connectivity index (χ0n) is 12.9. The molecule has 0 saturated heterocycles. The Kier molecular flexibility index (Phi) is 6.20. The Morgan fingerprint density at radius 3 is 2.62 bits per heavy atom. The quantitative estimate of drug-likeness (QED) is 0.600. The average molecular weight is 305 g/mol. The summed E-state index contributed by atoms with van der Waals surface area (Å²) in [6.07, 6.45) is 1.10. The van der Waals surface area contributed by atoms with E-state index in [1.54, 1.807) is 16.4 Å². The van der Waals surface area contributed by atoms with Crippen molar-refractivity contribution in [3.05, 3.63) is 35.4 Å². The van der Waals surface area contributed by atoms with Crippen molar-refractivity contribution < 1.29 is 0 Å². The minimum absolute atomic E-state index is 0.596. The number of benzene rings is 1. The molecule has 1 heterocycles. The van der Waals surface area contributed by atoms with Crippen LogP contribution in [0.4, 0.5) is 0 Å². The average Bonchev–Trinajstić information content (AvgIpc) is 2.88. The summed E-state index contributed by atoms with van der Waals surface area (Å²) in [4.78, 5) is 0. The van der Waals surface area contributed by atoms with Crippen molar-refractivity contribution in [3.8, 4) is 0 Å². The molecule has 0 unspecified atom stereocenters. The van der Waals surface area contributed by atoms with Crippen LogP contribution in [-0.4, -0.2) is 32.5 Å². The zero-order chi connectivity index (χ0) is 15.1. The van der Waals surface area contributed by atoms with Crippen LogP contribution < -0.4 is 5.32 Å². The molecule has 0 atom stereocenters. The first-order valence-corrected chi connectivity index (χ1v) is 8.30. The lowest BCUT2D eigenvalue weighted by Gasteiger charge is -2.08. The normalized spacial score (nSPS) is 11.2. The molecule has 114 valence electrons. The number of aryl methyl sites for hydroxylation is 1. The summed E-state index contributed by atoms with van der Waals surface area (Å²) >= 11 is 1.69. The molecule has 21 heavy (non-hydrogen) atoms. The summed E-state index contributed by atoms with van der Waals surface area (Å²) in [5.74, 6) is 1.62. The van der Waals surface area contributed by atoms with E-state index in [0.717, 1.165) is 30.4 Å². The van der Waals surface area contributed by atoms with Gasteiger partial charge in [0.05, 0.1) is 0 Å². The third-order valence-electron chi connectivity index (χ3n) is 3.29. The molecule has 0 bridgehead atoms. The highest BCUT2D eigenvalue weighted by Crippen LogP contribution is 2.15. The highest BCUT2D eigenvalue weighted by Gasteiger charge is 2.02. The molecular formula is C15H23N5S. The summed E-state index contributed by atoms with van der Waals surface area (Å²) in [5.41, 5.74) is 2.73. The molecule has 2 rings (SSSR count). The first kappa shape index (κ1) is 16.0. The third kappa shape index (κ3) is 5.13. The van der Waals surface area contributed by atoms with Gasteiger partial charge in [-0.05, 0) is 40.4 Å². The molecule has 6 heteroatoms. The van der Waals surface area contributed by atoms with Crippen molar-refractivity contribution in [2.75, 3.05) is 12.3 Å². The summed E-state index contributed by atoms with van der Waals surface area (Å²) in [6, 6.07) is 8.86. The maximum absolute atomic E-state index is 3.95. The second kappa shape index (κ2) is 8.14. The van der Waals surface area contributed by atoms with Crippen LogP contribution in [0.5, 0.6) is 0 Å². The van der Waals surface area contributed by atoms with E-state index in [0.29, 0.717) is 5.92 Å². The number of nitrogens with one attached hydrogen (secondary N) is 1. The van der Waals surface area contributed by atoms with Gasteiger partial charge in [-0.25, -0.2) is 4.68 Å². The topological polar surface area (TPSA) is 55.6 Å². The van der Waals surface area contributed by atoms with E-state index in [4.69, 9.17) is 0 Å². The number of tetrazole rings is 1. The van der Waals surface area contributed by atoms with E-state index in [1.807, 2.05) is 7.05 Å². The molecule has 0 saturated carbocycles. The van der Waals surface area contributed by atoms with Crippen molar-refractivity contribution in [3.63, 3.8) is 0 Å². The van der Waals surface area contributed by atoms with E-state index in [9.17, 15) is 0 Å². The Bertz CT molecular complexity index is 535. The largest absolute Gasteiger partial charge is 0.313 e. The van der Waals surface area contributed by atoms with E-state index >= 15 is 0 Å². The molecule has 1 aromatic heterocycles. The fourth-order valence-corrected chi connectivity index (χ4v) is 2.75. The van der Waals surface area contributed by atoms with E-state index < -0.39 is 0 Å². The first-order valence-electron chi connectivity index (χ1n) is 7.31. The van der Waals surface area contributed by atoms with Crippen molar-refractivity contribution in [1.82, 2.24) is 25.5 Å². The van der Waals surface area contributed by atoms with Gasteiger partial charge >= 0.3 is 0 Å². The highest BCUT2D eigenvalue weighted by atomic mass is 32.2. The Labute approximate surface area is 130 Å². The predicted octanol–water partition coefficient (Wildman–Crippen LogP) is 2.61. The Morgan fingerprint density at radius 2 is 2.00 bits per heavy atom. The van der Waals surface area contributed by atoms with Crippen LogP contribution in [0.1, 0.15) is 37.3 Å². The Balaban J connectivity index is 1.60. The molecule has 0 radical (unpaired) electrons. The van der Waals surface area contributed by atoms with Crippen LogP contribution >= 0.6 is 11.8 Å². The number of thioether (sulfide) groups is 1. The van der Waals surface area contributed by atoms with Gasteiger partial charge in [-0.1, -0.05) is 49.9 Å². The number of rotatable bonds is 8. The maximum Gasteiger partial charge on any atom is 0.209 e. The standard InChI is InChI=1S/C15H23N5S/c1-12(2)14-7-5-13(6-8-14)11-16-9-4-10-21-15-17-18-19-20(15)3/h5-8,12,16H,4,9-11H2,1-3H3. The molecule has 0 spiro atoms. The predicted molar refractivity (Wildman–Crippen MR) is 86.4 cm³/mol. The fraction of sp³-hybridized carbons (Fsp3) is 0.533. The number of hydrogen-bond acceptors (Lipinski definition) is 5. The monoisotopic (exact) mass is 305 g/mol. The van der Waals surface area contributed by atoms with Gasteiger partial charge < -0.3 is 5.32 Å². The van der Waals surface area contributed by atoms with Gasteiger partial charge in [-0.15, -0.1) is 5.10 Å². The zero-order valence-corrected chi connectivity index (χ0v) is 13.7. The third-order valence-corrected chi connectivity index (χ3v) is 4.38. The molecule has 0 aliphatic rings. The lowest BCUT2D eigenvalue weighted by atomic mass is 10.0. The second-order valence-corrected chi connectivity index (χ2v) is 6.42. The van der Waals surface area contributed by atoms with Crippen LogP contribution in [-0.2, 0) is 13.6 Å². The summed E-state index contributed by atoms with van der Waals surface area (Å²) in [6.45, 7) is 6.37. The van der Waals surface area contributed by atoms with Crippen molar-refractivity contribution in [2.24, 2.45) is 7.05 Å². The molecular weight excluding hydrogens is 282 g/mol. The van der Waals surface area contributed by atoms with Crippen LogP contribution in [0, 0.1) is 0 Å². The smallest absolute Gasteiger partial charge is 0.209 e. The number of nitrogens with zero attached hydrogens (tertiary/aromatic N) is 4. The van der Waals surface area contributed by atoms with Crippen molar-refractivity contribution in [1.29, 1.82) is 0 Å². The fourth-order valence-electron chi connectivity index (χ4n) is 1.96. The second-order valence-electron chi connectivity index (χ2n) is 5.36. The lowest BCUT2D eigenvalue weighted by Crippen LogP contribution is -2.15. The van der Waals surface area contributed by atoms with Crippen molar-refractivity contribution in [2.45, 2.75) is 37.9 Å². The van der Waals surface area contributed by atoms with Gasteiger partial charge in [-0.2, -0.15) is 0 Å². The SMILES string of the molecule is CC(C)c1ccc(CNCCCSc2nnnn2C)cc1. The molecule has 0 amide bonds. The van der Waals surface area contributed by atoms with E-state index in [2.05, 4.69) is 59.0 Å². The summed E-state index contributed by atoms with van der Waals surface area (Å²) in [5, 5.41) is 15.7. The van der Waals surface area contributed by atoms with Crippen LogP contribution in [0.25, 0.3) is 0 Å². The molecule has 2 aromatic rings. The molecule has 1 aromatic carbocycles. The molecule has 0 fully saturated rings. The van der Waals surface area contributed by atoms with Gasteiger partial charge in [0.1, 0.15) is 0 Å². The Morgan fingerprint density at radius 1 is 1.24 bits per heavy atom. The maximum atomic E-state index is 3.95. The van der Waals surface area contributed by atoms with Crippen LogP contribution in [0.15, 0.2) is 29.4 Å². The van der Waals surface area contributed by atoms with E-state index in [1.165, 1.54) is 11.1 Å². The number of hydrogen-bond donors (Lipinski definition) is 1. The minimum atomic E-state index is 0.596. The van der Waals surface area contributed by atoms with Gasteiger partial charge in [0.15, 0.2) is 0 Å². The highest BCUT2D eigenvalue weighted by molar-refractivity contribution is 7.99. The van der Waals surface area contributed by atoms with Gasteiger partial charge in [-0.3, -0.25) is 0 Å². The summed E-state index contributed by atoms with van der Waals surface area (Å²) in [7, 11) is 1.86. The molecule has 5 nitrogen and oxygen atoms in total. The molecule has 0 aliphatic carbocycles. The van der Waals surface area contributed by atoms with Crippen LogP contribution in [0.2, 0.25) is 0 Å². The van der Waals surface area contributed by atoms with Gasteiger partial charge in [0, 0.05) is 19.3 Å². The first-order chi connectivity index (χ1) is 10.2. The molecule has 1 N–H and O–H groups in total. The summed E-state index contributed by atoms with van der Waals surface area (Å²) < 4.78 is 1.70. The number of aromatic nitrogens is 4. The van der Waals surface area contributed by atoms with Gasteiger partial charge in [0.2, 0.25) is 5.16 Å². The van der Waals surface area contributed by atoms with Gasteiger partial charge in [0.25, 0.3) is 0 Å². The van der Waals surface area contributed by atoms with E-state index in [-0.39, 0.29) is 0 Å². The Hall–Kier alpha value is -1.40. The van der Waals surface area contributed by atoms with Crippen LogP contribution in [0.3, 0.4) is 0 Å². The molecule has 0 aliphatic heterocycles. The minimum Gasteiger partial charge on any atom is -0.313 e. The van der Waals surface area contributed by atoms with Crippen molar-refractivity contribution >= 4 is 11.8 Å².